The van der Waals surface area contributed by atoms with Gasteiger partial charge in [-0.05, 0) is 31.9 Å². The summed E-state index contributed by atoms with van der Waals surface area (Å²) < 4.78 is 11.3. The van der Waals surface area contributed by atoms with E-state index in [-0.39, 0.29) is 0 Å². The number of halogens is 1. The molecule has 0 amide bonds. The first kappa shape index (κ1) is 12.7. The lowest BCUT2D eigenvalue weighted by Crippen LogP contribution is -2.37. The summed E-state index contributed by atoms with van der Waals surface area (Å²) in [4.78, 5) is 0. The van der Waals surface area contributed by atoms with Crippen LogP contribution >= 0.6 is 15.9 Å². The minimum Gasteiger partial charge on any atom is -0.494 e. The molecule has 94 valence electrons. The summed E-state index contributed by atoms with van der Waals surface area (Å²) in [5, 5.41) is 1.03. The Kier molecular flexibility index (Phi) is 4.32. The lowest BCUT2D eigenvalue weighted by atomic mass is 9.71. The predicted molar refractivity (Wildman–Crippen MR) is 73.2 cm³/mol. The van der Waals surface area contributed by atoms with Crippen LogP contribution in [0.5, 0.6) is 11.5 Å². The first-order valence-corrected chi connectivity index (χ1v) is 7.32. The molecule has 0 radical (unpaired) electrons. The van der Waals surface area contributed by atoms with E-state index in [0.29, 0.717) is 12.0 Å². The summed E-state index contributed by atoms with van der Waals surface area (Å²) in [6, 6.07) is 7.88. The number of benzene rings is 1. The van der Waals surface area contributed by atoms with Crippen LogP contribution in [0, 0.1) is 5.41 Å². The molecule has 17 heavy (non-hydrogen) atoms. The molecule has 2 rings (SSSR count). The van der Waals surface area contributed by atoms with Crippen molar-refractivity contribution in [3.05, 3.63) is 24.3 Å². The van der Waals surface area contributed by atoms with Gasteiger partial charge in [-0.1, -0.05) is 28.4 Å². The molecule has 0 N–H and O–H groups in total. The Morgan fingerprint density at radius 2 is 1.94 bits per heavy atom. The molecule has 0 bridgehead atoms. The van der Waals surface area contributed by atoms with E-state index in [1.54, 1.807) is 0 Å². The van der Waals surface area contributed by atoms with Crippen molar-refractivity contribution in [2.75, 3.05) is 18.5 Å². The summed E-state index contributed by atoms with van der Waals surface area (Å²) in [5.41, 5.74) is 0.363. The second-order valence-corrected chi connectivity index (χ2v) is 5.24. The zero-order valence-corrected chi connectivity index (χ0v) is 11.8. The third-order valence-electron chi connectivity index (χ3n) is 3.36. The highest BCUT2D eigenvalue weighted by Crippen LogP contribution is 2.42. The first-order valence-electron chi connectivity index (χ1n) is 6.20. The summed E-state index contributed by atoms with van der Waals surface area (Å²) in [6.45, 7) is 3.48. The van der Waals surface area contributed by atoms with Crippen LogP contribution in [0.15, 0.2) is 24.3 Å². The average molecular weight is 299 g/mol. The zero-order valence-electron chi connectivity index (χ0n) is 10.2. The molecule has 2 nitrogen and oxygen atoms in total. The summed E-state index contributed by atoms with van der Waals surface area (Å²) >= 11 is 3.59. The van der Waals surface area contributed by atoms with Crippen LogP contribution < -0.4 is 9.47 Å². The molecule has 1 fully saturated rings. The summed E-state index contributed by atoms with van der Waals surface area (Å²) in [6.07, 6.45) is 3.86. The van der Waals surface area contributed by atoms with Crippen LogP contribution in [-0.4, -0.2) is 18.5 Å². The largest absolute Gasteiger partial charge is 0.494 e. The van der Waals surface area contributed by atoms with Crippen LogP contribution in [0.1, 0.15) is 26.2 Å². The fraction of sp³-hybridized carbons (Fsp3) is 0.571. The third kappa shape index (κ3) is 3.15. The molecule has 0 atom stereocenters. The highest BCUT2D eigenvalue weighted by atomic mass is 79.9. The van der Waals surface area contributed by atoms with Crippen molar-refractivity contribution in [1.82, 2.24) is 0 Å². The number of ether oxygens (including phenoxy) is 2. The van der Waals surface area contributed by atoms with Gasteiger partial charge < -0.3 is 9.47 Å². The van der Waals surface area contributed by atoms with Gasteiger partial charge in [0.05, 0.1) is 13.2 Å². The number of rotatable bonds is 6. The van der Waals surface area contributed by atoms with Gasteiger partial charge in [-0.15, -0.1) is 0 Å². The van der Waals surface area contributed by atoms with E-state index in [1.807, 2.05) is 31.2 Å². The van der Waals surface area contributed by atoms with Crippen molar-refractivity contribution in [1.29, 1.82) is 0 Å². The van der Waals surface area contributed by atoms with Crippen molar-refractivity contribution in [2.24, 2.45) is 5.41 Å². The molecular weight excluding hydrogens is 280 g/mol. The van der Waals surface area contributed by atoms with Gasteiger partial charge in [-0.2, -0.15) is 0 Å². The number of hydrogen-bond donors (Lipinski definition) is 0. The minimum atomic E-state index is 0.363. The highest BCUT2D eigenvalue weighted by molar-refractivity contribution is 9.09. The maximum Gasteiger partial charge on any atom is 0.123 e. The predicted octanol–water partition coefficient (Wildman–Crippen LogP) is 4.03. The fourth-order valence-corrected chi connectivity index (χ4v) is 2.77. The van der Waals surface area contributed by atoms with Crippen molar-refractivity contribution in [3.63, 3.8) is 0 Å². The Hall–Kier alpha value is -0.700. The first-order chi connectivity index (χ1) is 8.28. The molecule has 1 saturated carbocycles. The molecule has 0 heterocycles. The highest BCUT2D eigenvalue weighted by Gasteiger charge is 2.36. The van der Waals surface area contributed by atoms with Crippen molar-refractivity contribution >= 4 is 15.9 Å². The Labute approximate surface area is 111 Å². The van der Waals surface area contributed by atoms with Gasteiger partial charge in [0.25, 0.3) is 0 Å². The van der Waals surface area contributed by atoms with Crippen LogP contribution in [0.3, 0.4) is 0 Å². The van der Waals surface area contributed by atoms with Crippen molar-refractivity contribution in [2.45, 2.75) is 26.2 Å². The maximum atomic E-state index is 5.88. The van der Waals surface area contributed by atoms with Gasteiger partial charge in [0, 0.05) is 16.8 Å². The van der Waals surface area contributed by atoms with E-state index in [1.165, 1.54) is 19.3 Å². The van der Waals surface area contributed by atoms with Crippen molar-refractivity contribution in [3.8, 4) is 11.5 Å². The van der Waals surface area contributed by atoms with Gasteiger partial charge in [0.2, 0.25) is 0 Å². The van der Waals surface area contributed by atoms with E-state index in [9.17, 15) is 0 Å². The van der Waals surface area contributed by atoms with Crippen molar-refractivity contribution < 1.29 is 9.47 Å². The van der Waals surface area contributed by atoms with Gasteiger partial charge in [0.15, 0.2) is 0 Å². The van der Waals surface area contributed by atoms with Gasteiger partial charge in [-0.25, -0.2) is 0 Å². The van der Waals surface area contributed by atoms with Crippen LogP contribution in [0.4, 0.5) is 0 Å². The lowest BCUT2D eigenvalue weighted by Gasteiger charge is -2.39. The molecular formula is C14H19BrO2. The molecule has 0 aromatic heterocycles. The fourth-order valence-electron chi connectivity index (χ4n) is 2.05. The molecule has 3 heteroatoms. The lowest BCUT2D eigenvalue weighted by molar-refractivity contribution is 0.0836. The quantitative estimate of drug-likeness (QED) is 0.738. The van der Waals surface area contributed by atoms with E-state index in [2.05, 4.69) is 15.9 Å². The Morgan fingerprint density at radius 1 is 1.24 bits per heavy atom. The number of hydrogen-bond acceptors (Lipinski definition) is 2. The molecule has 1 aromatic carbocycles. The van der Waals surface area contributed by atoms with Gasteiger partial charge in [-0.3, -0.25) is 0 Å². The van der Waals surface area contributed by atoms with E-state index < -0.39 is 0 Å². The van der Waals surface area contributed by atoms with Gasteiger partial charge >= 0.3 is 0 Å². The summed E-state index contributed by atoms with van der Waals surface area (Å²) in [7, 11) is 0. The second-order valence-electron chi connectivity index (χ2n) is 4.68. The molecule has 1 aliphatic rings. The van der Waals surface area contributed by atoms with E-state index >= 15 is 0 Å². The van der Waals surface area contributed by atoms with Crippen LogP contribution in [0.25, 0.3) is 0 Å². The minimum absolute atomic E-state index is 0.363. The van der Waals surface area contributed by atoms with E-state index in [4.69, 9.17) is 9.47 Å². The molecule has 0 aliphatic heterocycles. The Morgan fingerprint density at radius 3 is 2.47 bits per heavy atom. The molecule has 1 aliphatic carbocycles. The zero-order chi connectivity index (χ0) is 12.1. The van der Waals surface area contributed by atoms with Crippen LogP contribution in [0.2, 0.25) is 0 Å². The molecule has 0 saturated heterocycles. The van der Waals surface area contributed by atoms with E-state index in [0.717, 1.165) is 23.4 Å². The maximum absolute atomic E-state index is 5.88. The molecule has 0 unspecified atom stereocenters. The number of alkyl halides is 1. The monoisotopic (exact) mass is 298 g/mol. The SMILES string of the molecule is CCOc1cccc(OCC2(CBr)CCC2)c1. The molecule has 1 aromatic rings. The average Bonchev–Trinajstić information content (AvgIpc) is 2.29. The summed E-state index contributed by atoms with van der Waals surface area (Å²) in [5.74, 6) is 1.79. The topological polar surface area (TPSA) is 18.5 Å². The second kappa shape index (κ2) is 5.76. The van der Waals surface area contributed by atoms with Crippen LogP contribution in [-0.2, 0) is 0 Å². The standard InChI is InChI=1S/C14H19BrO2/c1-2-16-12-5-3-6-13(9-12)17-11-14(10-15)7-4-8-14/h3,5-6,9H,2,4,7-8,10-11H2,1H3. The normalized spacial score (nSPS) is 17.3. The molecule has 0 spiro atoms. The van der Waals surface area contributed by atoms with Gasteiger partial charge in [0.1, 0.15) is 11.5 Å². The Balaban J connectivity index is 1.92. The smallest absolute Gasteiger partial charge is 0.123 e. The third-order valence-corrected chi connectivity index (χ3v) is 4.55. The Bertz CT molecular complexity index is 355.